The van der Waals surface area contributed by atoms with Gasteiger partial charge in [0.05, 0.1) is 6.42 Å². The highest BCUT2D eigenvalue weighted by Crippen LogP contribution is 2.26. The summed E-state index contributed by atoms with van der Waals surface area (Å²) < 4.78 is 5.19. The Morgan fingerprint density at radius 1 is 1.35 bits per heavy atom. The van der Waals surface area contributed by atoms with Crippen molar-refractivity contribution in [1.29, 1.82) is 0 Å². The first-order valence-electron chi connectivity index (χ1n) is 7.01. The molecule has 2 heterocycles. The van der Waals surface area contributed by atoms with Gasteiger partial charge in [0.15, 0.2) is 0 Å². The van der Waals surface area contributed by atoms with E-state index in [0.29, 0.717) is 12.6 Å². The molecule has 2 saturated heterocycles. The van der Waals surface area contributed by atoms with Crippen molar-refractivity contribution < 1.29 is 14.3 Å². The van der Waals surface area contributed by atoms with E-state index in [1.807, 2.05) is 30.3 Å². The molecule has 3 rings (SSSR count). The largest absolute Gasteiger partial charge is 0.463 e. The number of ether oxygens (including phenoxy) is 1. The smallest absolute Gasteiger partial charge is 0.323 e. The summed E-state index contributed by atoms with van der Waals surface area (Å²) in [5.74, 6) is -0.419. The zero-order valence-corrected chi connectivity index (χ0v) is 11.2. The number of fused-ring (bicyclic) bond motifs is 1. The lowest BCUT2D eigenvalue weighted by atomic mass is 10.1. The predicted octanol–water partition coefficient (Wildman–Crippen LogP) is 1.40. The predicted molar refractivity (Wildman–Crippen MR) is 74.2 cm³/mol. The van der Waals surface area contributed by atoms with Crippen LogP contribution in [-0.4, -0.2) is 42.0 Å². The van der Waals surface area contributed by atoms with Crippen LogP contribution in [0.4, 0.5) is 5.69 Å². The van der Waals surface area contributed by atoms with Crippen LogP contribution in [0.1, 0.15) is 19.3 Å². The number of amides is 1. The molecule has 5 nitrogen and oxygen atoms in total. The SMILES string of the molecule is O=C(C[C@H]1C(=O)OC[C@H]2CCCN21)Nc1ccccc1. The first kappa shape index (κ1) is 13.1. The first-order valence-corrected chi connectivity index (χ1v) is 7.01. The number of carbonyl (C=O) groups excluding carboxylic acids is 2. The van der Waals surface area contributed by atoms with Crippen LogP contribution in [-0.2, 0) is 14.3 Å². The van der Waals surface area contributed by atoms with Crippen LogP contribution in [0.5, 0.6) is 0 Å². The molecule has 1 amide bonds. The molecule has 0 aromatic heterocycles. The van der Waals surface area contributed by atoms with E-state index in [1.165, 1.54) is 0 Å². The summed E-state index contributed by atoms with van der Waals surface area (Å²) in [6.45, 7) is 1.35. The lowest BCUT2D eigenvalue weighted by Crippen LogP contribution is -2.52. The molecule has 1 aromatic carbocycles. The minimum atomic E-state index is -0.431. The fourth-order valence-corrected chi connectivity index (χ4v) is 2.97. The van der Waals surface area contributed by atoms with Crippen molar-refractivity contribution in [3.8, 4) is 0 Å². The molecule has 1 N–H and O–H groups in total. The third-order valence-corrected chi connectivity index (χ3v) is 3.95. The number of benzene rings is 1. The Bertz CT molecular complexity index is 503. The van der Waals surface area contributed by atoms with E-state index in [0.717, 1.165) is 25.1 Å². The minimum Gasteiger partial charge on any atom is -0.463 e. The number of hydrogen-bond donors (Lipinski definition) is 1. The maximum atomic E-state index is 12.1. The molecular weight excluding hydrogens is 256 g/mol. The van der Waals surface area contributed by atoms with E-state index in [1.54, 1.807) is 0 Å². The Hall–Kier alpha value is -1.88. The molecule has 20 heavy (non-hydrogen) atoms. The second kappa shape index (κ2) is 5.63. The van der Waals surface area contributed by atoms with Crippen LogP contribution in [0.2, 0.25) is 0 Å². The number of anilines is 1. The number of rotatable bonds is 3. The highest BCUT2D eigenvalue weighted by molar-refractivity contribution is 5.94. The van der Waals surface area contributed by atoms with E-state index in [9.17, 15) is 9.59 Å². The molecule has 0 radical (unpaired) electrons. The van der Waals surface area contributed by atoms with E-state index < -0.39 is 6.04 Å². The molecule has 2 aliphatic heterocycles. The van der Waals surface area contributed by atoms with Gasteiger partial charge in [-0.2, -0.15) is 0 Å². The lowest BCUT2D eigenvalue weighted by molar-refractivity contribution is -0.161. The summed E-state index contributed by atoms with van der Waals surface area (Å²) in [5, 5.41) is 2.82. The molecule has 0 bridgehead atoms. The molecule has 2 atom stereocenters. The molecule has 0 spiro atoms. The van der Waals surface area contributed by atoms with Gasteiger partial charge in [-0.3, -0.25) is 14.5 Å². The first-order chi connectivity index (χ1) is 9.74. The van der Waals surface area contributed by atoms with Crippen LogP contribution in [0.3, 0.4) is 0 Å². The van der Waals surface area contributed by atoms with Gasteiger partial charge in [0.2, 0.25) is 5.91 Å². The maximum absolute atomic E-state index is 12.1. The van der Waals surface area contributed by atoms with Gasteiger partial charge in [-0.05, 0) is 31.5 Å². The highest BCUT2D eigenvalue weighted by Gasteiger charge is 2.41. The van der Waals surface area contributed by atoms with Crippen LogP contribution in [0.25, 0.3) is 0 Å². The number of cyclic esters (lactones) is 1. The fourth-order valence-electron chi connectivity index (χ4n) is 2.97. The van der Waals surface area contributed by atoms with Gasteiger partial charge in [-0.1, -0.05) is 18.2 Å². The molecule has 5 heteroatoms. The van der Waals surface area contributed by atoms with Gasteiger partial charge >= 0.3 is 5.97 Å². The van der Waals surface area contributed by atoms with Crippen molar-refractivity contribution in [1.82, 2.24) is 4.90 Å². The molecule has 2 fully saturated rings. The van der Waals surface area contributed by atoms with Gasteiger partial charge < -0.3 is 10.1 Å². The lowest BCUT2D eigenvalue weighted by Gasteiger charge is -2.35. The van der Waals surface area contributed by atoms with Crippen molar-refractivity contribution in [2.24, 2.45) is 0 Å². The number of nitrogens with one attached hydrogen (secondary N) is 1. The molecule has 1 aromatic rings. The van der Waals surface area contributed by atoms with Crippen molar-refractivity contribution >= 4 is 17.6 Å². The molecule has 106 valence electrons. The van der Waals surface area contributed by atoms with E-state index in [-0.39, 0.29) is 18.3 Å². The Morgan fingerprint density at radius 2 is 2.15 bits per heavy atom. The average molecular weight is 274 g/mol. The summed E-state index contributed by atoms with van der Waals surface area (Å²) in [6.07, 6.45) is 2.27. The Balaban J connectivity index is 1.63. The number of nitrogens with zero attached hydrogens (tertiary/aromatic N) is 1. The minimum absolute atomic E-state index is 0.147. The van der Waals surface area contributed by atoms with E-state index >= 15 is 0 Å². The molecular formula is C15H18N2O3. The summed E-state index contributed by atoms with van der Waals surface area (Å²) in [4.78, 5) is 26.1. The maximum Gasteiger partial charge on any atom is 0.323 e. The summed E-state index contributed by atoms with van der Waals surface area (Å²) in [6, 6.07) is 9.14. The van der Waals surface area contributed by atoms with Crippen LogP contribution in [0.15, 0.2) is 30.3 Å². The second-order valence-corrected chi connectivity index (χ2v) is 5.30. The topological polar surface area (TPSA) is 58.6 Å². The van der Waals surface area contributed by atoms with Gasteiger partial charge in [0.1, 0.15) is 12.6 Å². The number of para-hydroxylation sites is 1. The number of morpholine rings is 1. The van der Waals surface area contributed by atoms with Gasteiger partial charge in [-0.25, -0.2) is 0 Å². The van der Waals surface area contributed by atoms with Gasteiger partial charge in [-0.15, -0.1) is 0 Å². The Kier molecular flexibility index (Phi) is 3.69. The quantitative estimate of drug-likeness (QED) is 0.847. The number of hydrogen-bond acceptors (Lipinski definition) is 4. The van der Waals surface area contributed by atoms with Gasteiger partial charge in [0.25, 0.3) is 0 Å². The third kappa shape index (κ3) is 2.67. The van der Waals surface area contributed by atoms with E-state index in [4.69, 9.17) is 4.74 Å². The van der Waals surface area contributed by atoms with Crippen LogP contribution >= 0.6 is 0 Å². The van der Waals surface area contributed by atoms with Crippen molar-refractivity contribution in [3.63, 3.8) is 0 Å². The van der Waals surface area contributed by atoms with Crippen molar-refractivity contribution in [3.05, 3.63) is 30.3 Å². The standard InChI is InChI=1S/C15H18N2O3/c18-14(16-11-5-2-1-3-6-11)9-13-15(19)20-10-12-7-4-8-17(12)13/h1-3,5-6,12-13H,4,7-10H2,(H,16,18)/t12-,13+/m1/s1. The summed E-state index contributed by atoms with van der Waals surface area (Å²) in [5.41, 5.74) is 0.750. The number of esters is 1. The Morgan fingerprint density at radius 3 is 2.95 bits per heavy atom. The average Bonchev–Trinajstić information content (AvgIpc) is 2.92. The van der Waals surface area contributed by atoms with E-state index in [2.05, 4.69) is 10.2 Å². The third-order valence-electron chi connectivity index (χ3n) is 3.95. The highest BCUT2D eigenvalue weighted by atomic mass is 16.5. The molecule has 0 aliphatic carbocycles. The summed E-state index contributed by atoms with van der Waals surface area (Å²) in [7, 11) is 0. The van der Waals surface area contributed by atoms with Crippen molar-refractivity contribution in [2.75, 3.05) is 18.5 Å². The Labute approximate surface area is 117 Å². The second-order valence-electron chi connectivity index (χ2n) is 5.30. The monoisotopic (exact) mass is 274 g/mol. The normalized spacial score (nSPS) is 25.9. The van der Waals surface area contributed by atoms with Crippen molar-refractivity contribution in [2.45, 2.75) is 31.3 Å². The summed E-state index contributed by atoms with van der Waals surface area (Å²) >= 11 is 0. The van der Waals surface area contributed by atoms with Gasteiger partial charge in [0, 0.05) is 11.7 Å². The van der Waals surface area contributed by atoms with Crippen LogP contribution in [0, 0.1) is 0 Å². The zero-order valence-electron chi connectivity index (χ0n) is 11.2. The van der Waals surface area contributed by atoms with Crippen LogP contribution < -0.4 is 5.32 Å². The molecule has 2 aliphatic rings. The zero-order chi connectivity index (χ0) is 13.9. The molecule has 0 unspecified atom stereocenters. The molecule has 0 saturated carbocycles. The fraction of sp³-hybridized carbons (Fsp3) is 0.467. The number of carbonyl (C=O) groups is 2.